The summed E-state index contributed by atoms with van der Waals surface area (Å²) < 4.78 is 5.39. The summed E-state index contributed by atoms with van der Waals surface area (Å²) in [5, 5.41) is 11.0. The van der Waals surface area contributed by atoms with Crippen molar-refractivity contribution in [2.75, 3.05) is 39.4 Å². The molecule has 1 N–H and O–H groups in total. The first kappa shape index (κ1) is 21.3. The third kappa shape index (κ3) is 4.55. The number of hydrogen-bond donors (Lipinski definition) is 1. The van der Waals surface area contributed by atoms with Gasteiger partial charge in [-0.3, -0.25) is 14.5 Å². The zero-order chi connectivity index (χ0) is 21.8. The highest BCUT2D eigenvalue weighted by Crippen LogP contribution is 2.39. The molecule has 1 amide bonds. The van der Waals surface area contributed by atoms with Crippen LogP contribution in [0.2, 0.25) is 0 Å². The number of carbonyl (C=O) groups excluding carboxylic acids is 2. The highest BCUT2D eigenvalue weighted by atomic mass is 16.5. The van der Waals surface area contributed by atoms with Crippen LogP contribution in [0.15, 0.2) is 60.2 Å². The number of likely N-dealkylation sites (tertiary alicyclic amines) is 1. The molecular weight excluding hydrogens is 392 g/mol. The third-order valence-electron chi connectivity index (χ3n) is 5.96. The Kier molecular flexibility index (Phi) is 6.49. The second kappa shape index (κ2) is 9.45. The van der Waals surface area contributed by atoms with Gasteiger partial charge in [0.15, 0.2) is 0 Å². The van der Waals surface area contributed by atoms with E-state index in [2.05, 4.69) is 4.90 Å². The van der Waals surface area contributed by atoms with E-state index < -0.39 is 17.7 Å². The van der Waals surface area contributed by atoms with Crippen molar-refractivity contribution in [1.82, 2.24) is 9.80 Å². The molecule has 2 fully saturated rings. The van der Waals surface area contributed by atoms with Gasteiger partial charge in [0.2, 0.25) is 0 Å². The number of aryl methyl sites for hydroxylation is 1. The largest absolute Gasteiger partial charge is 0.507 e. The fraction of sp³-hybridized carbons (Fsp3) is 0.360. The number of carbonyl (C=O) groups is 2. The van der Waals surface area contributed by atoms with Gasteiger partial charge in [0.1, 0.15) is 5.76 Å². The number of hydrogen-bond acceptors (Lipinski definition) is 5. The minimum atomic E-state index is -0.627. The van der Waals surface area contributed by atoms with Crippen molar-refractivity contribution in [3.05, 3.63) is 76.9 Å². The zero-order valence-electron chi connectivity index (χ0n) is 17.8. The lowest BCUT2D eigenvalue weighted by Gasteiger charge is -2.29. The highest BCUT2D eigenvalue weighted by molar-refractivity contribution is 6.46. The Labute approximate surface area is 182 Å². The fourth-order valence-electron chi connectivity index (χ4n) is 4.25. The van der Waals surface area contributed by atoms with Crippen LogP contribution in [-0.2, 0) is 14.3 Å². The molecule has 6 heteroatoms. The van der Waals surface area contributed by atoms with E-state index in [0.29, 0.717) is 12.1 Å². The van der Waals surface area contributed by atoms with Gasteiger partial charge in [-0.25, -0.2) is 0 Å². The van der Waals surface area contributed by atoms with Crippen LogP contribution in [0.25, 0.3) is 5.76 Å². The smallest absolute Gasteiger partial charge is 0.295 e. The maximum Gasteiger partial charge on any atom is 0.295 e. The van der Waals surface area contributed by atoms with Crippen molar-refractivity contribution in [2.24, 2.45) is 0 Å². The van der Waals surface area contributed by atoms with Gasteiger partial charge in [-0.2, -0.15) is 0 Å². The van der Waals surface area contributed by atoms with Crippen LogP contribution in [0.4, 0.5) is 0 Å². The molecule has 162 valence electrons. The minimum absolute atomic E-state index is 0.125. The van der Waals surface area contributed by atoms with Crippen LogP contribution < -0.4 is 0 Å². The van der Waals surface area contributed by atoms with Crippen LogP contribution in [0.1, 0.15) is 29.2 Å². The number of benzene rings is 2. The zero-order valence-corrected chi connectivity index (χ0v) is 17.8. The molecule has 0 radical (unpaired) electrons. The van der Waals surface area contributed by atoms with Crippen molar-refractivity contribution in [2.45, 2.75) is 19.4 Å². The van der Waals surface area contributed by atoms with Gasteiger partial charge < -0.3 is 14.7 Å². The summed E-state index contributed by atoms with van der Waals surface area (Å²) in [6.07, 6.45) is 0.751. The summed E-state index contributed by atoms with van der Waals surface area (Å²) >= 11 is 0. The number of rotatable bonds is 6. The van der Waals surface area contributed by atoms with Crippen LogP contribution in [-0.4, -0.2) is 66.0 Å². The summed E-state index contributed by atoms with van der Waals surface area (Å²) in [5.41, 5.74) is 2.61. The van der Waals surface area contributed by atoms with Crippen molar-refractivity contribution in [3.63, 3.8) is 0 Å². The molecule has 31 heavy (non-hydrogen) atoms. The lowest BCUT2D eigenvalue weighted by atomic mass is 9.94. The molecule has 2 aromatic carbocycles. The summed E-state index contributed by atoms with van der Waals surface area (Å²) in [6, 6.07) is 16.1. The molecule has 0 bridgehead atoms. The van der Waals surface area contributed by atoms with Crippen LogP contribution in [0.5, 0.6) is 0 Å². The average Bonchev–Trinajstić information content (AvgIpc) is 3.05. The van der Waals surface area contributed by atoms with Gasteiger partial charge in [-0.15, -0.1) is 0 Å². The van der Waals surface area contributed by atoms with Crippen molar-refractivity contribution in [1.29, 1.82) is 0 Å². The molecule has 4 rings (SSSR count). The summed E-state index contributed by atoms with van der Waals surface area (Å²) in [6.45, 7) is 6.50. The SMILES string of the molecule is Cc1ccc(C2/C(=C(/O)c3ccccc3)C(=O)C(=O)N2CCCN2CCOCC2)cc1. The molecular formula is C25H28N2O4. The Balaban J connectivity index is 1.65. The van der Waals surface area contributed by atoms with E-state index in [1.165, 1.54) is 0 Å². The predicted molar refractivity (Wildman–Crippen MR) is 119 cm³/mol. The van der Waals surface area contributed by atoms with Gasteiger partial charge in [0.25, 0.3) is 11.7 Å². The number of aliphatic hydroxyl groups excluding tert-OH is 1. The quantitative estimate of drug-likeness (QED) is 0.442. The summed E-state index contributed by atoms with van der Waals surface area (Å²) in [5.74, 6) is -1.30. The topological polar surface area (TPSA) is 70.1 Å². The Morgan fingerprint density at radius 1 is 1.00 bits per heavy atom. The molecule has 6 nitrogen and oxygen atoms in total. The molecule has 0 aromatic heterocycles. The Morgan fingerprint density at radius 3 is 2.35 bits per heavy atom. The normalized spacial score (nSPS) is 21.6. The number of Topliss-reactive ketones (excluding diaryl/α,β-unsaturated/α-hetero) is 1. The molecule has 1 atom stereocenters. The maximum atomic E-state index is 13.0. The van der Waals surface area contributed by atoms with Gasteiger partial charge in [0.05, 0.1) is 24.8 Å². The predicted octanol–water partition coefficient (Wildman–Crippen LogP) is 3.14. The fourth-order valence-corrected chi connectivity index (χ4v) is 4.25. The van der Waals surface area contributed by atoms with Crippen LogP contribution >= 0.6 is 0 Å². The number of amides is 1. The maximum absolute atomic E-state index is 13.0. The van der Waals surface area contributed by atoms with E-state index in [-0.39, 0.29) is 11.3 Å². The van der Waals surface area contributed by atoms with Crippen molar-refractivity contribution < 1.29 is 19.4 Å². The van der Waals surface area contributed by atoms with Gasteiger partial charge in [-0.05, 0) is 18.9 Å². The molecule has 2 heterocycles. The standard InChI is InChI=1S/C25H28N2O4/c1-18-8-10-19(11-9-18)22-21(23(28)20-6-3-2-4-7-20)24(29)25(30)27(22)13-5-12-26-14-16-31-17-15-26/h2-4,6-11,22,28H,5,12-17H2,1H3/b23-21-. The molecule has 2 aliphatic rings. The molecule has 0 spiro atoms. The monoisotopic (exact) mass is 420 g/mol. The summed E-state index contributed by atoms with van der Waals surface area (Å²) in [7, 11) is 0. The Bertz CT molecular complexity index is 963. The van der Waals surface area contributed by atoms with Crippen LogP contribution in [0.3, 0.4) is 0 Å². The summed E-state index contributed by atoms with van der Waals surface area (Å²) in [4.78, 5) is 29.9. The first-order valence-electron chi connectivity index (χ1n) is 10.8. The van der Waals surface area contributed by atoms with Crippen molar-refractivity contribution >= 4 is 17.4 Å². The Morgan fingerprint density at radius 2 is 1.68 bits per heavy atom. The molecule has 2 aliphatic heterocycles. The van der Waals surface area contributed by atoms with E-state index in [4.69, 9.17) is 4.74 Å². The lowest BCUT2D eigenvalue weighted by molar-refractivity contribution is -0.140. The average molecular weight is 421 g/mol. The van der Waals surface area contributed by atoms with E-state index in [1.54, 1.807) is 29.2 Å². The third-order valence-corrected chi connectivity index (χ3v) is 5.96. The van der Waals surface area contributed by atoms with Crippen LogP contribution in [0, 0.1) is 6.92 Å². The number of aliphatic hydroxyl groups is 1. The molecule has 1 unspecified atom stereocenters. The van der Waals surface area contributed by atoms with Gasteiger partial charge in [0, 0.05) is 31.7 Å². The van der Waals surface area contributed by atoms with Gasteiger partial charge in [-0.1, -0.05) is 60.2 Å². The molecule has 2 aromatic rings. The minimum Gasteiger partial charge on any atom is -0.507 e. The Hall–Kier alpha value is -2.96. The number of ether oxygens (including phenoxy) is 1. The van der Waals surface area contributed by atoms with E-state index >= 15 is 0 Å². The number of morpholine rings is 1. The van der Waals surface area contributed by atoms with Gasteiger partial charge >= 0.3 is 0 Å². The lowest BCUT2D eigenvalue weighted by Crippen LogP contribution is -2.38. The van der Waals surface area contributed by atoms with E-state index in [1.807, 2.05) is 37.3 Å². The first-order valence-corrected chi connectivity index (χ1v) is 10.8. The first-order chi connectivity index (χ1) is 15.1. The number of nitrogens with zero attached hydrogens (tertiary/aromatic N) is 2. The highest BCUT2D eigenvalue weighted by Gasteiger charge is 2.45. The molecule has 0 aliphatic carbocycles. The number of ketones is 1. The second-order valence-electron chi connectivity index (χ2n) is 8.08. The second-order valence-corrected chi connectivity index (χ2v) is 8.08. The van der Waals surface area contributed by atoms with E-state index in [0.717, 1.165) is 50.4 Å². The molecule has 0 saturated carbocycles. The molecule has 2 saturated heterocycles. The van der Waals surface area contributed by atoms with E-state index in [9.17, 15) is 14.7 Å². The van der Waals surface area contributed by atoms with Crippen molar-refractivity contribution in [3.8, 4) is 0 Å².